The molecule has 1 aliphatic heterocycles. The van der Waals surface area contributed by atoms with Gasteiger partial charge in [0.2, 0.25) is 5.91 Å². The summed E-state index contributed by atoms with van der Waals surface area (Å²) in [5.74, 6) is -0.00958. The summed E-state index contributed by atoms with van der Waals surface area (Å²) < 4.78 is 0. The first kappa shape index (κ1) is 15.2. The van der Waals surface area contributed by atoms with Crippen LogP contribution in [0.4, 0.5) is 11.4 Å². The third-order valence-corrected chi connectivity index (χ3v) is 3.68. The summed E-state index contributed by atoms with van der Waals surface area (Å²) >= 11 is 0. The van der Waals surface area contributed by atoms with Crippen LogP contribution in [-0.2, 0) is 4.79 Å². The number of nitro groups is 1. The summed E-state index contributed by atoms with van der Waals surface area (Å²) in [6, 6.07) is 6.60. The molecule has 7 heteroatoms. The first-order chi connectivity index (χ1) is 10.0. The van der Waals surface area contributed by atoms with Crippen LogP contribution in [0.15, 0.2) is 24.3 Å². The highest BCUT2D eigenvalue weighted by Gasteiger charge is 2.25. The van der Waals surface area contributed by atoms with Crippen LogP contribution >= 0.6 is 0 Å². The molecule has 21 heavy (non-hydrogen) atoms. The first-order valence-electron chi connectivity index (χ1n) is 6.95. The lowest BCUT2D eigenvalue weighted by Crippen LogP contribution is -2.54. The molecule has 0 bridgehead atoms. The van der Waals surface area contributed by atoms with Crippen LogP contribution in [-0.4, -0.2) is 55.0 Å². The lowest BCUT2D eigenvalue weighted by Gasteiger charge is -2.35. The van der Waals surface area contributed by atoms with Gasteiger partial charge in [-0.1, -0.05) is 12.1 Å². The Morgan fingerprint density at radius 1 is 1.52 bits per heavy atom. The van der Waals surface area contributed by atoms with Crippen LogP contribution in [0.1, 0.15) is 6.92 Å². The lowest BCUT2D eigenvalue weighted by molar-refractivity contribution is -0.384. The molecule has 1 amide bonds. The van der Waals surface area contributed by atoms with E-state index in [1.165, 1.54) is 6.07 Å². The Labute approximate surface area is 123 Å². The number of nitro benzene ring substituents is 1. The maximum absolute atomic E-state index is 12.4. The van der Waals surface area contributed by atoms with Gasteiger partial charge in [-0.2, -0.15) is 0 Å². The van der Waals surface area contributed by atoms with Gasteiger partial charge >= 0.3 is 0 Å². The number of amides is 1. The van der Waals surface area contributed by atoms with Crippen molar-refractivity contribution >= 4 is 17.3 Å². The van der Waals surface area contributed by atoms with Crippen molar-refractivity contribution in [3.63, 3.8) is 0 Å². The van der Waals surface area contributed by atoms with Crippen LogP contribution in [0.25, 0.3) is 0 Å². The van der Waals surface area contributed by atoms with Crippen LogP contribution in [0.2, 0.25) is 0 Å². The van der Waals surface area contributed by atoms with Crippen molar-refractivity contribution in [2.45, 2.75) is 13.0 Å². The molecule has 1 aromatic carbocycles. The third kappa shape index (κ3) is 3.49. The average molecular weight is 292 g/mol. The van der Waals surface area contributed by atoms with Gasteiger partial charge < -0.3 is 15.1 Å². The van der Waals surface area contributed by atoms with Crippen LogP contribution in [0.5, 0.6) is 0 Å². The number of carbonyl (C=O) groups is 1. The van der Waals surface area contributed by atoms with Gasteiger partial charge in [0.15, 0.2) is 0 Å². The maximum Gasteiger partial charge on any atom is 0.292 e. The molecular weight excluding hydrogens is 272 g/mol. The first-order valence-corrected chi connectivity index (χ1v) is 6.95. The van der Waals surface area contributed by atoms with E-state index in [9.17, 15) is 14.9 Å². The fourth-order valence-electron chi connectivity index (χ4n) is 2.53. The minimum Gasteiger partial charge on any atom is -0.360 e. The highest BCUT2D eigenvalue weighted by atomic mass is 16.6. The number of para-hydroxylation sites is 2. The molecule has 2 rings (SSSR count). The Hall–Kier alpha value is -2.15. The quantitative estimate of drug-likeness (QED) is 0.657. The standard InChI is InChI=1S/C14H20N4O3/c1-11-9-15-7-8-17(11)14(19)10-16(2)12-5-3-4-6-13(12)18(20)21/h3-6,11,15H,7-10H2,1-2H3. The molecule has 1 unspecified atom stereocenters. The summed E-state index contributed by atoms with van der Waals surface area (Å²) in [5, 5.41) is 14.3. The Bertz CT molecular complexity index is 535. The molecule has 1 saturated heterocycles. The number of benzene rings is 1. The molecular formula is C14H20N4O3. The smallest absolute Gasteiger partial charge is 0.292 e. The largest absolute Gasteiger partial charge is 0.360 e. The topological polar surface area (TPSA) is 78.7 Å². The lowest BCUT2D eigenvalue weighted by atomic mass is 10.2. The number of nitrogens with zero attached hydrogens (tertiary/aromatic N) is 3. The molecule has 0 aliphatic carbocycles. The summed E-state index contributed by atoms with van der Waals surface area (Å²) in [7, 11) is 1.70. The zero-order valence-corrected chi connectivity index (χ0v) is 12.3. The number of piperazine rings is 1. The molecule has 0 radical (unpaired) electrons. The van der Waals surface area contributed by atoms with Crippen molar-refractivity contribution in [3.05, 3.63) is 34.4 Å². The number of hydrogen-bond acceptors (Lipinski definition) is 5. The van der Waals surface area contributed by atoms with Gasteiger partial charge in [-0.25, -0.2) is 0 Å². The Kier molecular flexibility index (Phi) is 4.74. The molecule has 1 heterocycles. The zero-order chi connectivity index (χ0) is 15.4. The number of nitrogens with one attached hydrogen (secondary N) is 1. The Balaban J connectivity index is 2.09. The highest BCUT2D eigenvalue weighted by Crippen LogP contribution is 2.26. The van der Waals surface area contributed by atoms with Gasteiger partial charge in [0.1, 0.15) is 5.69 Å². The molecule has 0 aromatic heterocycles. The molecule has 1 aliphatic rings. The Morgan fingerprint density at radius 3 is 2.90 bits per heavy atom. The van der Waals surface area contributed by atoms with E-state index >= 15 is 0 Å². The minimum atomic E-state index is -0.427. The van der Waals surface area contributed by atoms with Crippen LogP contribution in [0.3, 0.4) is 0 Å². The van der Waals surface area contributed by atoms with E-state index in [0.717, 1.165) is 13.1 Å². The van der Waals surface area contributed by atoms with E-state index in [-0.39, 0.29) is 24.2 Å². The van der Waals surface area contributed by atoms with Crippen LogP contribution in [0, 0.1) is 10.1 Å². The number of likely N-dealkylation sites (N-methyl/N-ethyl adjacent to an activating group) is 1. The van der Waals surface area contributed by atoms with Crippen molar-refractivity contribution in [1.82, 2.24) is 10.2 Å². The van der Waals surface area contributed by atoms with Gasteiger partial charge in [0, 0.05) is 38.8 Å². The summed E-state index contributed by atoms with van der Waals surface area (Å²) in [4.78, 5) is 26.4. The fourth-order valence-corrected chi connectivity index (χ4v) is 2.53. The molecule has 7 nitrogen and oxygen atoms in total. The zero-order valence-electron chi connectivity index (χ0n) is 12.3. The van der Waals surface area contributed by atoms with E-state index < -0.39 is 4.92 Å². The molecule has 1 atom stereocenters. The second-order valence-electron chi connectivity index (χ2n) is 5.24. The predicted molar refractivity (Wildman–Crippen MR) is 80.4 cm³/mol. The normalized spacial score (nSPS) is 18.4. The Morgan fingerprint density at radius 2 is 2.24 bits per heavy atom. The molecule has 1 fully saturated rings. The minimum absolute atomic E-state index is 0.00958. The molecule has 114 valence electrons. The summed E-state index contributed by atoms with van der Waals surface area (Å²) in [6.07, 6.45) is 0. The number of rotatable bonds is 4. The van der Waals surface area contributed by atoms with Gasteiger partial charge in [-0.15, -0.1) is 0 Å². The van der Waals surface area contributed by atoms with Crippen molar-refractivity contribution in [2.75, 3.05) is 38.1 Å². The van der Waals surface area contributed by atoms with Crippen molar-refractivity contribution < 1.29 is 9.72 Å². The number of anilines is 1. The van der Waals surface area contributed by atoms with E-state index in [1.807, 2.05) is 11.8 Å². The summed E-state index contributed by atoms with van der Waals surface area (Å²) in [6.45, 7) is 4.36. The maximum atomic E-state index is 12.4. The highest BCUT2D eigenvalue weighted by molar-refractivity contribution is 5.82. The predicted octanol–water partition coefficient (Wildman–Crippen LogP) is 0.851. The molecule has 1 aromatic rings. The summed E-state index contributed by atoms with van der Waals surface area (Å²) in [5.41, 5.74) is 0.472. The van der Waals surface area contributed by atoms with E-state index in [1.54, 1.807) is 30.1 Å². The van der Waals surface area contributed by atoms with Crippen LogP contribution < -0.4 is 10.2 Å². The second-order valence-corrected chi connectivity index (χ2v) is 5.24. The third-order valence-electron chi connectivity index (χ3n) is 3.68. The van der Waals surface area contributed by atoms with Crippen molar-refractivity contribution in [2.24, 2.45) is 0 Å². The van der Waals surface area contributed by atoms with Crippen molar-refractivity contribution in [1.29, 1.82) is 0 Å². The van der Waals surface area contributed by atoms with E-state index in [2.05, 4.69) is 5.32 Å². The number of carbonyl (C=O) groups excluding carboxylic acids is 1. The fraction of sp³-hybridized carbons (Fsp3) is 0.500. The van der Waals surface area contributed by atoms with Crippen molar-refractivity contribution in [3.8, 4) is 0 Å². The number of hydrogen-bond donors (Lipinski definition) is 1. The van der Waals surface area contributed by atoms with E-state index in [4.69, 9.17) is 0 Å². The molecule has 1 N–H and O–H groups in total. The molecule has 0 saturated carbocycles. The SMILES string of the molecule is CC1CNCCN1C(=O)CN(C)c1ccccc1[N+](=O)[O-]. The van der Waals surface area contributed by atoms with Gasteiger partial charge in [0.05, 0.1) is 11.5 Å². The van der Waals surface area contributed by atoms with Gasteiger partial charge in [-0.3, -0.25) is 14.9 Å². The molecule has 0 spiro atoms. The monoisotopic (exact) mass is 292 g/mol. The van der Waals surface area contributed by atoms with Gasteiger partial charge in [0.25, 0.3) is 5.69 Å². The second kappa shape index (κ2) is 6.53. The van der Waals surface area contributed by atoms with E-state index in [0.29, 0.717) is 12.2 Å². The average Bonchev–Trinajstić information content (AvgIpc) is 2.47. The van der Waals surface area contributed by atoms with Gasteiger partial charge in [-0.05, 0) is 13.0 Å².